The molecule has 0 spiro atoms. The van der Waals surface area contributed by atoms with E-state index in [1.54, 1.807) is 6.92 Å². The predicted octanol–water partition coefficient (Wildman–Crippen LogP) is 3.10. The van der Waals surface area contributed by atoms with Crippen molar-refractivity contribution in [3.8, 4) is 0 Å². The Morgan fingerprint density at radius 3 is 2.40 bits per heavy atom. The van der Waals surface area contributed by atoms with E-state index >= 15 is 0 Å². The quantitative estimate of drug-likeness (QED) is 0.448. The molecular weight excluding hydrogens is 210 g/mol. The molecule has 0 fully saturated rings. The molecule has 0 saturated carbocycles. The van der Waals surface area contributed by atoms with Crippen LogP contribution in [0.3, 0.4) is 0 Å². The van der Waals surface area contributed by atoms with E-state index in [0.29, 0.717) is 0 Å². The average Bonchev–Trinajstić information content (AvgIpc) is 2.62. The van der Waals surface area contributed by atoms with Gasteiger partial charge in [0.2, 0.25) is 0 Å². The number of hydrogen-bond acceptors (Lipinski definition) is 4. The molecule has 0 bridgehead atoms. The summed E-state index contributed by atoms with van der Waals surface area (Å²) in [6.07, 6.45) is 0.0761. The Morgan fingerprint density at radius 1 is 1.33 bits per heavy atom. The van der Waals surface area contributed by atoms with Crippen molar-refractivity contribution in [3.63, 3.8) is 0 Å². The minimum Gasteiger partial charge on any atom is -0.393 e. The number of oxime groups is 1. The largest absolute Gasteiger partial charge is 0.393 e. The third-order valence-corrected chi connectivity index (χ3v) is 3.00. The monoisotopic (exact) mass is 225 g/mol. The summed E-state index contributed by atoms with van der Waals surface area (Å²) in [5, 5.41) is 3.98. The predicted molar refractivity (Wildman–Crippen MR) is 62.8 cm³/mol. The van der Waals surface area contributed by atoms with Gasteiger partial charge in [0, 0.05) is 0 Å². The van der Waals surface area contributed by atoms with Crippen LogP contribution in [0.5, 0.6) is 0 Å². The molecule has 0 unspecified atom stereocenters. The summed E-state index contributed by atoms with van der Waals surface area (Å²) in [6.45, 7) is 7.28. The molecule has 0 atom stereocenters. The van der Waals surface area contributed by atoms with Crippen LogP contribution in [0.4, 0.5) is 0 Å². The summed E-state index contributed by atoms with van der Waals surface area (Å²) in [5.74, 6) is 0.0869. The fourth-order valence-corrected chi connectivity index (χ4v) is 1.79. The lowest BCUT2D eigenvalue weighted by atomic mass is 10.3. The Bertz CT molecular complexity index is 380. The van der Waals surface area contributed by atoms with Crippen LogP contribution in [0.2, 0.25) is 0 Å². The van der Waals surface area contributed by atoms with Crippen molar-refractivity contribution in [1.82, 2.24) is 0 Å². The molecule has 0 aliphatic carbocycles. The van der Waals surface area contributed by atoms with Crippen LogP contribution >= 0.6 is 11.3 Å². The molecule has 1 rings (SSSR count). The van der Waals surface area contributed by atoms with E-state index in [4.69, 9.17) is 4.84 Å². The molecule has 0 aliphatic rings. The molecule has 0 aliphatic heterocycles. The van der Waals surface area contributed by atoms with Crippen LogP contribution in [-0.2, 0) is 4.84 Å². The second kappa shape index (κ2) is 5.07. The van der Waals surface area contributed by atoms with Gasteiger partial charge in [-0.2, -0.15) is 0 Å². The molecule has 15 heavy (non-hydrogen) atoms. The zero-order valence-electron chi connectivity index (χ0n) is 9.40. The number of carbonyl (C=O) groups is 1. The van der Waals surface area contributed by atoms with Gasteiger partial charge in [-0.15, -0.1) is 11.3 Å². The fraction of sp³-hybridized carbons (Fsp3) is 0.455. The molecule has 0 amide bonds. The summed E-state index contributed by atoms with van der Waals surface area (Å²) in [5.41, 5.74) is 0.807. The topological polar surface area (TPSA) is 38.7 Å². The maximum atomic E-state index is 11.1. The summed E-state index contributed by atoms with van der Waals surface area (Å²) < 4.78 is 0. The van der Waals surface area contributed by atoms with Crippen LogP contribution in [0.15, 0.2) is 17.3 Å². The van der Waals surface area contributed by atoms with Crippen LogP contribution in [0.25, 0.3) is 0 Å². The van der Waals surface area contributed by atoms with Crippen molar-refractivity contribution < 1.29 is 9.63 Å². The normalized spacial score (nSPS) is 11.9. The van der Waals surface area contributed by atoms with Crippen molar-refractivity contribution >= 4 is 22.8 Å². The molecule has 4 heteroatoms. The second-order valence-corrected chi connectivity index (χ2v) is 4.63. The van der Waals surface area contributed by atoms with E-state index in [1.807, 2.05) is 32.9 Å². The first-order valence-corrected chi connectivity index (χ1v) is 5.64. The minimum absolute atomic E-state index is 0.0761. The van der Waals surface area contributed by atoms with E-state index < -0.39 is 0 Å². The van der Waals surface area contributed by atoms with Gasteiger partial charge in [-0.25, -0.2) is 0 Å². The van der Waals surface area contributed by atoms with Gasteiger partial charge in [0.1, 0.15) is 6.10 Å². The number of Topliss-reactive ketones (excluding diaryl/α,β-unsaturated/α-hetero) is 1. The molecule has 82 valence electrons. The number of thiophene rings is 1. The number of rotatable bonds is 4. The number of ketones is 1. The summed E-state index contributed by atoms with van der Waals surface area (Å²) >= 11 is 1.44. The summed E-state index contributed by atoms with van der Waals surface area (Å²) in [7, 11) is 0. The fourth-order valence-electron chi connectivity index (χ4n) is 0.951. The molecular formula is C11H15NO2S. The van der Waals surface area contributed by atoms with Crippen LogP contribution < -0.4 is 0 Å². The third-order valence-electron chi connectivity index (χ3n) is 1.71. The van der Waals surface area contributed by atoms with E-state index in [1.165, 1.54) is 11.3 Å². The zero-order chi connectivity index (χ0) is 11.4. The van der Waals surface area contributed by atoms with Gasteiger partial charge in [0.15, 0.2) is 5.78 Å². The number of nitrogens with zero attached hydrogens (tertiary/aromatic N) is 1. The lowest BCUT2D eigenvalue weighted by Gasteiger charge is -2.02. The highest BCUT2D eigenvalue weighted by Gasteiger charge is 2.06. The molecule has 0 saturated heterocycles. The van der Waals surface area contributed by atoms with Crippen molar-refractivity contribution in [2.75, 3.05) is 0 Å². The van der Waals surface area contributed by atoms with Gasteiger partial charge in [-0.1, -0.05) is 5.16 Å². The molecule has 0 N–H and O–H groups in total. The number of hydrogen-bond donors (Lipinski definition) is 0. The Balaban J connectivity index is 2.78. The standard InChI is InChI=1S/C11H15NO2S/c1-7(2)14-12-8(3)10-5-6-11(15-10)9(4)13/h5-7H,1-4H3/b12-8+. The van der Waals surface area contributed by atoms with Gasteiger partial charge < -0.3 is 4.84 Å². The van der Waals surface area contributed by atoms with Crippen molar-refractivity contribution in [2.45, 2.75) is 33.8 Å². The Morgan fingerprint density at radius 2 is 1.93 bits per heavy atom. The van der Waals surface area contributed by atoms with E-state index in [2.05, 4.69) is 5.16 Å². The van der Waals surface area contributed by atoms with Crippen LogP contribution in [0, 0.1) is 0 Å². The molecule has 1 aromatic rings. The lowest BCUT2D eigenvalue weighted by molar-refractivity contribution is 0.0860. The highest BCUT2D eigenvalue weighted by Crippen LogP contribution is 2.18. The Labute approximate surface area is 93.8 Å². The van der Waals surface area contributed by atoms with Gasteiger partial charge in [-0.05, 0) is 39.8 Å². The molecule has 0 aromatic carbocycles. The summed E-state index contributed by atoms with van der Waals surface area (Å²) in [6, 6.07) is 3.71. The third kappa shape index (κ3) is 3.47. The highest BCUT2D eigenvalue weighted by atomic mass is 32.1. The molecule has 1 heterocycles. The Kier molecular flexibility index (Phi) is 4.03. The van der Waals surface area contributed by atoms with E-state index in [-0.39, 0.29) is 11.9 Å². The summed E-state index contributed by atoms with van der Waals surface area (Å²) in [4.78, 5) is 18.0. The Hall–Kier alpha value is -1.16. The van der Waals surface area contributed by atoms with Gasteiger partial charge >= 0.3 is 0 Å². The molecule has 3 nitrogen and oxygen atoms in total. The minimum atomic E-state index is 0.0761. The SMILES string of the molecule is CC(=O)c1ccc(/C(C)=N/OC(C)C)s1. The smallest absolute Gasteiger partial charge is 0.169 e. The first-order chi connectivity index (χ1) is 7.00. The first kappa shape index (κ1) is 11.9. The van der Waals surface area contributed by atoms with Crippen LogP contribution in [0.1, 0.15) is 42.2 Å². The van der Waals surface area contributed by atoms with Crippen molar-refractivity contribution in [3.05, 3.63) is 21.9 Å². The van der Waals surface area contributed by atoms with Crippen molar-refractivity contribution in [1.29, 1.82) is 0 Å². The van der Waals surface area contributed by atoms with E-state index in [0.717, 1.165) is 15.5 Å². The van der Waals surface area contributed by atoms with Gasteiger partial charge in [0.05, 0.1) is 15.5 Å². The number of carbonyl (C=O) groups excluding carboxylic acids is 1. The van der Waals surface area contributed by atoms with Gasteiger partial charge in [0.25, 0.3) is 0 Å². The second-order valence-electron chi connectivity index (χ2n) is 3.55. The maximum Gasteiger partial charge on any atom is 0.169 e. The molecule has 1 aromatic heterocycles. The average molecular weight is 225 g/mol. The molecule has 0 radical (unpaired) electrons. The highest BCUT2D eigenvalue weighted by molar-refractivity contribution is 7.16. The maximum absolute atomic E-state index is 11.1. The van der Waals surface area contributed by atoms with Gasteiger partial charge in [-0.3, -0.25) is 4.79 Å². The first-order valence-electron chi connectivity index (χ1n) is 4.82. The lowest BCUT2D eigenvalue weighted by Crippen LogP contribution is -1.99. The van der Waals surface area contributed by atoms with Crippen LogP contribution in [-0.4, -0.2) is 17.6 Å². The zero-order valence-corrected chi connectivity index (χ0v) is 10.2. The van der Waals surface area contributed by atoms with Crippen molar-refractivity contribution in [2.24, 2.45) is 5.16 Å². The van der Waals surface area contributed by atoms with E-state index in [9.17, 15) is 4.79 Å².